The van der Waals surface area contributed by atoms with Gasteiger partial charge in [-0.05, 0) is 76.0 Å². The van der Waals surface area contributed by atoms with E-state index in [1.807, 2.05) is 0 Å². The van der Waals surface area contributed by atoms with E-state index in [2.05, 4.69) is 5.32 Å². The fourth-order valence-electron chi connectivity index (χ4n) is 3.64. The monoisotopic (exact) mass is 409 g/mol. The molecule has 6 nitrogen and oxygen atoms in total. The Hall–Kier alpha value is -2.28. The lowest BCUT2D eigenvalue weighted by Crippen LogP contribution is -2.52. The van der Waals surface area contributed by atoms with Crippen LogP contribution in [0.5, 0.6) is 0 Å². The summed E-state index contributed by atoms with van der Waals surface area (Å²) in [6, 6.07) is 0.875. The molecule has 1 atom stereocenters. The maximum Gasteiger partial charge on any atom is 0.255 e. The van der Waals surface area contributed by atoms with Gasteiger partial charge in [0.15, 0.2) is 0 Å². The lowest BCUT2D eigenvalue weighted by atomic mass is 9.86. The van der Waals surface area contributed by atoms with Crippen LogP contribution in [0.2, 0.25) is 0 Å². The number of benzene rings is 1. The molecule has 1 aromatic rings. The number of amides is 3. The second kappa shape index (κ2) is 7.20. The highest BCUT2D eigenvalue weighted by molar-refractivity contribution is 6.05. The first kappa shape index (κ1) is 12.4. The van der Waals surface area contributed by atoms with Crippen LogP contribution in [0.1, 0.15) is 84.7 Å². The van der Waals surface area contributed by atoms with Crippen LogP contribution in [-0.4, -0.2) is 52.1 Å². The Morgan fingerprint density at radius 2 is 1.86 bits per heavy atom. The quantitative estimate of drug-likeness (QED) is 0.763. The summed E-state index contributed by atoms with van der Waals surface area (Å²) in [5, 5.41) is 2.15. The second-order valence-corrected chi connectivity index (χ2v) is 8.38. The summed E-state index contributed by atoms with van der Waals surface area (Å²) in [7, 11) is 0. The van der Waals surface area contributed by atoms with Crippen molar-refractivity contribution in [1.82, 2.24) is 15.1 Å². The molecule has 0 aromatic heterocycles. The number of nitrogens with one attached hydrogen (secondary N) is 1. The summed E-state index contributed by atoms with van der Waals surface area (Å²) in [5.74, 6) is -5.26. The Morgan fingerprint density at radius 3 is 2.48 bits per heavy atom. The molecular formula is C22H28FN3O3. The van der Waals surface area contributed by atoms with Gasteiger partial charge >= 0.3 is 0 Å². The van der Waals surface area contributed by atoms with Crippen LogP contribution in [0.4, 0.5) is 4.39 Å². The molecule has 1 N–H and O–H groups in total. The van der Waals surface area contributed by atoms with Crippen molar-refractivity contribution in [2.75, 3.05) is 13.0 Å². The van der Waals surface area contributed by atoms with E-state index in [1.165, 1.54) is 20.8 Å². The van der Waals surface area contributed by atoms with Crippen molar-refractivity contribution in [2.24, 2.45) is 0 Å². The van der Waals surface area contributed by atoms with Crippen molar-refractivity contribution < 1.29 is 29.7 Å². The summed E-state index contributed by atoms with van der Waals surface area (Å²) in [6.45, 7) is -2.03. The van der Waals surface area contributed by atoms with Crippen molar-refractivity contribution in [3.05, 3.63) is 34.6 Å². The third kappa shape index (κ3) is 3.68. The molecule has 0 radical (unpaired) electrons. The van der Waals surface area contributed by atoms with Gasteiger partial charge in [-0.1, -0.05) is 6.07 Å². The number of rotatable bonds is 2. The predicted molar refractivity (Wildman–Crippen MR) is 106 cm³/mol. The number of nitrogens with zero attached hydrogens (tertiary/aromatic N) is 2. The molecule has 156 valence electrons. The molecule has 7 heteroatoms. The average Bonchev–Trinajstić information content (AvgIpc) is 3.01. The average molecular weight is 410 g/mol. The Morgan fingerprint density at radius 1 is 1.17 bits per heavy atom. The number of imide groups is 1. The Labute approximate surface area is 181 Å². The first-order chi connectivity index (χ1) is 16.7. The van der Waals surface area contributed by atoms with Crippen LogP contribution >= 0.6 is 0 Å². The van der Waals surface area contributed by atoms with Gasteiger partial charge in [0.25, 0.3) is 5.91 Å². The van der Waals surface area contributed by atoms with Crippen LogP contribution in [0.25, 0.3) is 0 Å². The van der Waals surface area contributed by atoms with Gasteiger partial charge in [-0.15, -0.1) is 0 Å². The summed E-state index contributed by atoms with van der Waals surface area (Å²) >= 11 is 0. The molecule has 29 heavy (non-hydrogen) atoms. The lowest BCUT2D eigenvalue weighted by Gasteiger charge is -2.41. The molecule has 0 bridgehead atoms. The smallest absolute Gasteiger partial charge is 0.255 e. The molecule has 2 saturated heterocycles. The third-order valence-corrected chi connectivity index (χ3v) is 5.26. The predicted octanol–water partition coefficient (Wildman–Crippen LogP) is 2.56. The molecule has 0 aliphatic carbocycles. The summed E-state index contributed by atoms with van der Waals surface area (Å²) in [6.07, 6.45) is -6.16. The minimum atomic E-state index is -3.11. The molecule has 3 heterocycles. The van der Waals surface area contributed by atoms with Crippen molar-refractivity contribution in [3.63, 3.8) is 0 Å². The molecule has 1 aromatic carbocycles. The first-order valence-corrected chi connectivity index (χ1v) is 9.44. The summed E-state index contributed by atoms with van der Waals surface area (Å²) in [5.41, 5.74) is -1.90. The summed E-state index contributed by atoms with van der Waals surface area (Å²) < 4.78 is 84.4. The zero-order valence-corrected chi connectivity index (χ0v) is 16.4. The Kier molecular flexibility index (Phi) is 3.08. The van der Waals surface area contributed by atoms with Gasteiger partial charge in [-0.2, -0.15) is 0 Å². The SMILES string of the molecule is [2H]C1([2H])C(c2cc3c(cc2F)C(=O)N([C@@H]2CCC(=O)NC2=O)C3)C([2H])([2H])C([2H])([2H])N(C(C)(C)C)C1([2H])[2H]. The van der Waals surface area contributed by atoms with Crippen LogP contribution in [0.3, 0.4) is 0 Å². The number of carbonyl (C=O) groups excluding carboxylic acids is 3. The van der Waals surface area contributed by atoms with E-state index in [4.69, 9.17) is 11.0 Å². The Bertz CT molecular complexity index is 1170. The van der Waals surface area contributed by atoms with Crippen molar-refractivity contribution >= 4 is 17.7 Å². The number of hydrogen-bond donors (Lipinski definition) is 1. The zero-order chi connectivity index (χ0) is 28.1. The number of hydrogen-bond acceptors (Lipinski definition) is 4. The number of halogens is 1. The van der Waals surface area contributed by atoms with Crippen molar-refractivity contribution in [3.8, 4) is 0 Å². The maximum absolute atomic E-state index is 15.5. The molecule has 3 amide bonds. The molecule has 3 aliphatic heterocycles. The van der Waals surface area contributed by atoms with Gasteiger partial charge in [-0.25, -0.2) is 4.39 Å². The second-order valence-electron chi connectivity index (χ2n) is 8.38. The minimum absolute atomic E-state index is 0.00701. The van der Waals surface area contributed by atoms with Gasteiger partial charge in [0.1, 0.15) is 11.9 Å². The topological polar surface area (TPSA) is 69.7 Å². The van der Waals surface area contributed by atoms with Gasteiger partial charge in [-0.3, -0.25) is 24.6 Å². The highest BCUT2D eigenvalue weighted by atomic mass is 19.1. The van der Waals surface area contributed by atoms with Gasteiger partial charge in [0, 0.05) is 35.0 Å². The number of likely N-dealkylation sites (tertiary alicyclic amines) is 1. The fourth-order valence-corrected chi connectivity index (χ4v) is 3.64. The van der Waals surface area contributed by atoms with Crippen LogP contribution in [0.15, 0.2) is 12.1 Å². The highest BCUT2D eigenvalue weighted by Crippen LogP contribution is 2.36. The largest absolute Gasteiger partial charge is 0.322 e. The Balaban J connectivity index is 1.82. The standard InChI is InChI=1S/C22H28FN3O3/c1-22(2,3)25-8-6-13(7-9-25)15-10-14-12-26(21(29)16(14)11-17(15)23)18-4-5-19(27)24-20(18)28/h10-11,13,18H,4-9,12H2,1-3H3,(H,24,27,28)/t18-/m1/s1/i6D2,7D2,8D2,9D2. The van der Waals surface area contributed by atoms with E-state index < -0.39 is 72.3 Å². The molecule has 0 saturated carbocycles. The van der Waals surface area contributed by atoms with Crippen LogP contribution < -0.4 is 5.32 Å². The molecule has 0 unspecified atom stereocenters. The lowest BCUT2D eigenvalue weighted by molar-refractivity contribution is -0.136. The highest BCUT2D eigenvalue weighted by Gasteiger charge is 2.40. The molecule has 3 aliphatic rings. The van der Waals surface area contributed by atoms with Gasteiger partial charge < -0.3 is 4.90 Å². The van der Waals surface area contributed by atoms with Gasteiger partial charge in [0.2, 0.25) is 11.8 Å². The first-order valence-electron chi connectivity index (χ1n) is 13.4. The van der Waals surface area contributed by atoms with Crippen LogP contribution in [-0.2, 0) is 16.1 Å². The van der Waals surface area contributed by atoms with E-state index in [0.29, 0.717) is 4.90 Å². The van der Waals surface area contributed by atoms with Crippen molar-refractivity contribution in [1.29, 1.82) is 0 Å². The van der Waals surface area contributed by atoms with Crippen LogP contribution in [0, 0.1) is 5.82 Å². The number of fused-ring (bicyclic) bond motifs is 1. The number of carbonyl (C=O) groups is 3. The molecular weight excluding hydrogens is 373 g/mol. The summed E-state index contributed by atoms with van der Waals surface area (Å²) in [4.78, 5) is 38.5. The minimum Gasteiger partial charge on any atom is -0.322 e. The zero-order valence-electron chi connectivity index (χ0n) is 24.4. The van der Waals surface area contributed by atoms with E-state index in [9.17, 15) is 14.4 Å². The number of piperidine rings is 2. The molecule has 2 fully saturated rings. The maximum atomic E-state index is 15.5. The van der Waals surface area contributed by atoms with E-state index >= 15 is 4.39 Å². The molecule has 4 rings (SSSR count). The fraction of sp³-hybridized carbons (Fsp3) is 0.591. The van der Waals surface area contributed by atoms with E-state index in [1.54, 1.807) is 0 Å². The molecule has 0 spiro atoms. The van der Waals surface area contributed by atoms with Crippen molar-refractivity contribution in [2.45, 2.75) is 70.4 Å². The normalized spacial score (nSPS) is 35.1. The van der Waals surface area contributed by atoms with E-state index in [0.717, 1.165) is 17.0 Å². The van der Waals surface area contributed by atoms with E-state index in [-0.39, 0.29) is 30.5 Å². The van der Waals surface area contributed by atoms with Gasteiger partial charge in [0.05, 0.1) is 0 Å². The third-order valence-electron chi connectivity index (χ3n) is 5.26.